The molecule has 0 saturated carbocycles. The summed E-state index contributed by atoms with van der Waals surface area (Å²) in [6.45, 7) is 0. The van der Waals surface area contributed by atoms with Gasteiger partial charge in [0.2, 0.25) is 11.9 Å². The van der Waals surface area contributed by atoms with E-state index in [1.807, 2.05) is 12.1 Å². The zero-order chi connectivity index (χ0) is 14.1. The van der Waals surface area contributed by atoms with Gasteiger partial charge in [0.05, 0.1) is 5.02 Å². The molecule has 0 saturated heterocycles. The van der Waals surface area contributed by atoms with Gasteiger partial charge in [-0.1, -0.05) is 11.6 Å². The van der Waals surface area contributed by atoms with Crippen LogP contribution >= 0.6 is 11.6 Å². The van der Waals surface area contributed by atoms with Gasteiger partial charge in [-0.05, 0) is 18.2 Å². The topological polar surface area (TPSA) is 110 Å². The van der Waals surface area contributed by atoms with E-state index in [9.17, 15) is 0 Å². The third kappa shape index (κ3) is 2.28. The van der Waals surface area contributed by atoms with Crippen molar-refractivity contribution in [3.63, 3.8) is 0 Å². The summed E-state index contributed by atoms with van der Waals surface area (Å²) in [5.41, 5.74) is 7.00. The number of nitrogens with zero attached hydrogens (tertiary/aromatic N) is 5. The minimum Gasteiger partial charge on any atom is -0.368 e. The van der Waals surface area contributed by atoms with Crippen molar-refractivity contribution in [2.24, 2.45) is 7.05 Å². The van der Waals surface area contributed by atoms with Crippen LogP contribution in [0.5, 0.6) is 0 Å². The van der Waals surface area contributed by atoms with Crippen LogP contribution < -0.4 is 11.1 Å². The van der Waals surface area contributed by atoms with Gasteiger partial charge in [0.15, 0.2) is 5.82 Å². The maximum absolute atomic E-state index is 6.27. The Kier molecular flexibility index (Phi) is 2.99. The Morgan fingerprint density at radius 2 is 2.25 bits per heavy atom. The first-order valence-corrected chi connectivity index (χ1v) is 6.10. The molecule has 20 heavy (non-hydrogen) atoms. The summed E-state index contributed by atoms with van der Waals surface area (Å²) in [6, 6.07) is 5.46. The van der Waals surface area contributed by atoms with Crippen molar-refractivity contribution in [1.82, 2.24) is 29.9 Å². The van der Waals surface area contributed by atoms with E-state index in [1.54, 1.807) is 17.8 Å². The zero-order valence-electron chi connectivity index (χ0n) is 10.5. The second-order valence-corrected chi connectivity index (χ2v) is 4.48. The van der Waals surface area contributed by atoms with Crippen LogP contribution in [0.2, 0.25) is 5.02 Å². The van der Waals surface area contributed by atoms with E-state index in [2.05, 4.69) is 30.6 Å². The molecule has 0 fully saturated rings. The highest BCUT2D eigenvalue weighted by atomic mass is 35.5. The molecule has 0 unspecified atom stereocenters. The molecule has 1 aromatic carbocycles. The summed E-state index contributed by atoms with van der Waals surface area (Å²) in [5, 5.41) is 14.0. The van der Waals surface area contributed by atoms with Crippen molar-refractivity contribution in [3.8, 4) is 11.4 Å². The minimum absolute atomic E-state index is 0.245. The Morgan fingerprint density at radius 1 is 1.40 bits per heavy atom. The van der Waals surface area contributed by atoms with Crippen molar-refractivity contribution in [2.45, 2.75) is 0 Å². The molecule has 0 amide bonds. The summed E-state index contributed by atoms with van der Waals surface area (Å²) < 4.78 is 1.66. The van der Waals surface area contributed by atoms with Gasteiger partial charge in [0.1, 0.15) is 6.33 Å². The van der Waals surface area contributed by atoms with Gasteiger partial charge in [0, 0.05) is 18.3 Å². The van der Waals surface area contributed by atoms with E-state index >= 15 is 0 Å². The molecule has 3 rings (SSSR count). The second-order valence-electron chi connectivity index (χ2n) is 4.07. The minimum atomic E-state index is 0.245. The van der Waals surface area contributed by atoms with Gasteiger partial charge in [0.25, 0.3) is 0 Å². The molecule has 2 heterocycles. The molecule has 102 valence electrons. The highest BCUT2D eigenvalue weighted by molar-refractivity contribution is 6.33. The number of nitrogens with one attached hydrogen (secondary N) is 2. The largest absolute Gasteiger partial charge is 0.368 e. The maximum Gasteiger partial charge on any atom is 0.248 e. The summed E-state index contributed by atoms with van der Waals surface area (Å²) in [6.07, 6.45) is 1.48. The fourth-order valence-electron chi connectivity index (χ4n) is 1.77. The van der Waals surface area contributed by atoms with Crippen LogP contribution in [0.3, 0.4) is 0 Å². The normalized spacial score (nSPS) is 10.7. The average Bonchev–Trinajstić information content (AvgIpc) is 2.99. The van der Waals surface area contributed by atoms with Gasteiger partial charge in [-0.25, -0.2) is 14.8 Å². The summed E-state index contributed by atoms with van der Waals surface area (Å²) >= 11 is 6.27. The molecule has 8 nitrogen and oxygen atoms in total. The van der Waals surface area contributed by atoms with Crippen LogP contribution in [0.25, 0.3) is 11.4 Å². The van der Waals surface area contributed by atoms with Crippen molar-refractivity contribution in [2.75, 3.05) is 11.1 Å². The molecule has 0 bridgehead atoms. The smallest absolute Gasteiger partial charge is 0.248 e. The van der Waals surface area contributed by atoms with Crippen molar-refractivity contribution in [3.05, 3.63) is 29.5 Å². The van der Waals surface area contributed by atoms with Crippen LogP contribution in [-0.4, -0.2) is 29.9 Å². The second kappa shape index (κ2) is 4.82. The van der Waals surface area contributed by atoms with Crippen molar-refractivity contribution in [1.29, 1.82) is 0 Å². The average molecular weight is 291 g/mol. The standard InChI is InChI=1S/C11H11ClN8/c1-20-9(14-5-15-20)7-3-2-6(4-8(7)12)16-11-17-10(13)18-19-11/h2-5H,1H3,(H4,13,16,17,18,19). The van der Waals surface area contributed by atoms with Crippen LogP contribution in [0.15, 0.2) is 24.5 Å². The molecular formula is C11H11ClN8. The first-order chi connectivity index (χ1) is 9.63. The van der Waals surface area contributed by atoms with E-state index in [0.29, 0.717) is 16.8 Å². The van der Waals surface area contributed by atoms with E-state index < -0.39 is 0 Å². The van der Waals surface area contributed by atoms with Gasteiger partial charge in [-0.3, -0.25) is 0 Å². The highest BCUT2D eigenvalue weighted by Crippen LogP contribution is 2.29. The molecular weight excluding hydrogens is 280 g/mol. The fraction of sp³-hybridized carbons (Fsp3) is 0.0909. The maximum atomic E-state index is 6.27. The summed E-state index contributed by atoms with van der Waals surface area (Å²) in [5.74, 6) is 1.32. The zero-order valence-corrected chi connectivity index (χ0v) is 11.3. The van der Waals surface area contributed by atoms with Gasteiger partial charge < -0.3 is 11.1 Å². The number of anilines is 3. The number of benzene rings is 1. The number of hydrogen-bond acceptors (Lipinski definition) is 6. The number of nitrogen functional groups attached to an aromatic ring is 1. The lowest BCUT2D eigenvalue weighted by atomic mass is 10.2. The molecule has 0 spiro atoms. The number of H-pyrrole nitrogens is 1. The summed E-state index contributed by atoms with van der Waals surface area (Å²) in [4.78, 5) is 8.12. The van der Waals surface area contributed by atoms with Gasteiger partial charge in [-0.15, -0.1) is 5.10 Å². The number of aromatic nitrogens is 6. The summed E-state index contributed by atoms with van der Waals surface area (Å²) in [7, 11) is 1.81. The Balaban J connectivity index is 1.90. The van der Waals surface area contributed by atoms with Crippen LogP contribution in [0.1, 0.15) is 0 Å². The molecule has 3 aromatic rings. The van der Waals surface area contributed by atoms with Gasteiger partial charge >= 0.3 is 0 Å². The SMILES string of the molecule is Cn1ncnc1-c1ccc(Nc2n[nH]c(N)n2)cc1Cl. The third-order valence-corrected chi connectivity index (χ3v) is 2.99. The number of hydrogen-bond donors (Lipinski definition) is 3. The van der Waals surface area contributed by atoms with Crippen LogP contribution in [-0.2, 0) is 7.05 Å². The first-order valence-electron chi connectivity index (χ1n) is 5.72. The molecule has 0 aliphatic heterocycles. The molecule has 2 aromatic heterocycles. The molecule has 9 heteroatoms. The number of aromatic amines is 1. The number of aryl methyl sites for hydroxylation is 1. The Hall–Kier alpha value is -2.61. The fourth-order valence-corrected chi connectivity index (χ4v) is 2.04. The predicted octanol–water partition coefficient (Wildman–Crippen LogP) is 1.58. The first kappa shape index (κ1) is 12.4. The van der Waals surface area contributed by atoms with Crippen LogP contribution in [0, 0.1) is 0 Å². The lowest BCUT2D eigenvalue weighted by Crippen LogP contribution is -1.97. The molecule has 0 aliphatic carbocycles. The Bertz CT molecular complexity index is 746. The Labute approximate surface area is 119 Å². The lowest BCUT2D eigenvalue weighted by molar-refractivity contribution is 0.774. The number of halogens is 1. The Morgan fingerprint density at radius 3 is 2.85 bits per heavy atom. The highest BCUT2D eigenvalue weighted by Gasteiger charge is 2.10. The van der Waals surface area contributed by atoms with Gasteiger partial charge in [-0.2, -0.15) is 10.1 Å². The molecule has 0 atom stereocenters. The third-order valence-electron chi connectivity index (χ3n) is 2.68. The monoisotopic (exact) mass is 290 g/mol. The molecule has 0 radical (unpaired) electrons. The van der Waals surface area contributed by atoms with E-state index in [4.69, 9.17) is 17.3 Å². The number of rotatable bonds is 3. The predicted molar refractivity (Wildman–Crippen MR) is 75.5 cm³/mol. The molecule has 0 aliphatic rings. The van der Waals surface area contributed by atoms with E-state index in [1.165, 1.54) is 6.33 Å². The van der Waals surface area contributed by atoms with Crippen molar-refractivity contribution >= 4 is 29.2 Å². The van der Waals surface area contributed by atoms with E-state index in [-0.39, 0.29) is 5.95 Å². The van der Waals surface area contributed by atoms with E-state index in [0.717, 1.165) is 11.3 Å². The molecule has 4 N–H and O–H groups in total. The lowest BCUT2D eigenvalue weighted by Gasteiger charge is -2.06. The number of nitrogens with two attached hydrogens (primary N) is 1. The van der Waals surface area contributed by atoms with Crippen LogP contribution in [0.4, 0.5) is 17.6 Å². The quantitative estimate of drug-likeness (QED) is 0.675. The van der Waals surface area contributed by atoms with Crippen molar-refractivity contribution < 1.29 is 0 Å².